The summed E-state index contributed by atoms with van der Waals surface area (Å²) >= 11 is 11.5. The number of carbonyl (C=O) groups is 1. The fourth-order valence-electron chi connectivity index (χ4n) is 1.25. The van der Waals surface area contributed by atoms with E-state index < -0.39 is 10.1 Å². The van der Waals surface area contributed by atoms with Crippen LogP contribution in [-0.2, 0) is 4.79 Å². The molecule has 1 unspecified atom stereocenters. The van der Waals surface area contributed by atoms with Gasteiger partial charge in [0.05, 0.1) is 0 Å². The van der Waals surface area contributed by atoms with Crippen LogP contribution in [0.3, 0.4) is 0 Å². The summed E-state index contributed by atoms with van der Waals surface area (Å²) in [5.74, 6) is 0. The molecule has 0 aromatic rings. The summed E-state index contributed by atoms with van der Waals surface area (Å²) in [6, 6.07) is 0. The molecule has 0 aliphatic heterocycles. The van der Waals surface area contributed by atoms with Crippen LogP contribution in [0.2, 0.25) is 0 Å². The van der Waals surface area contributed by atoms with Gasteiger partial charge in [0.1, 0.15) is 4.87 Å². The lowest BCUT2D eigenvalue weighted by Gasteiger charge is -2.20. The smallest absolute Gasteiger partial charge is 0.242 e. The first-order valence-electron chi connectivity index (χ1n) is 4.95. The molecule has 0 aliphatic carbocycles. The van der Waals surface area contributed by atoms with Gasteiger partial charge in [-0.25, -0.2) is 0 Å². The van der Waals surface area contributed by atoms with Crippen LogP contribution in [0, 0.1) is 0 Å². The van der Waals surface area contributed by atoms with Crippen LogP contribution < -0.4 is 0 Å². The highest BCUT2D eigenvalue weighted by atomic mass is 35.5. The van der Waals surface area contributed by atoms with Gasteiger partial charge in [-0.1, -0.05) is 39.5 Å². The van der Waals surface area contributed by atoms with E-state index >= 15 is 0 Å². The van der Waals surface area contributed by atoms with Crippen molar-refractivity contribution in [1.29, 1.82) is 0 Å². The Balaban J connectivity index is 3.78. The zero-order valence-electron chi connectivity index (χ0n) is 8.41. The van der Waals surface area contributed by atoms with Crippen molar-refractivity contribution in [2.45, 2.75) is 57.2 Å². The van der Waals surface area contributed by atoms with Crippen LogP contribution in [0.5, 0.6) is 0 Å². The molecule has 0 aromatic carbocycles. The summed E-state index contributed by atoms with van der Waals surface area (Å²) in [6.07, 6.45) is 5.83. The molecule has 3 heteroatoms. The van der Waals surface area contributed by atoms with Gasteiger partial charge in [-0.3, -0.25) is 4.79 Å². The molecule has 0 saturated heterocycles. The van der Waals surface area contributed by atoms with E-state index in [9.17, 15) is 4.79 Å². The van der Waals surface area contributed by atoms with E-state index in [-0.39, 0.29) is 0 Å². The minimum atomic E-state index is -0.810. The SMILES string of the molecule is CCCCCCC(Cl)(CC)C(=O)Cl. The third-order valence-corrected chi connectivity index (χ3v) is 3.43. The van der Waals surface area contributed by atoms with Crippen molar-refractivity contribution in [3.05, 3.63) is 0 Å². The van der Waals surface area contributed by atoms with Gasteiger partial charge in [0, 0.05) is 0 Å². The van der Waals surface area contributed by atoms with Gasteiger partial charge in [0.25, 0.3) is 0 Å². The molecule has 1 nitrogen and oxygen atoms in total. The molecule has 0 fully saturated rings. The monoisotopic (exact) mass is 224 g/mol. The summed E-state index contributed by atoms with van der Waals surface area (Å²) in [4.78, 5) is 10.2. The first-order chi connectivity index (χ1) is 6.06. The molecule has 0 aliphatic rings. The Morgan fingerprint density at radius 3 is 2.23 bits per heavy atom. The van der Waals surface area contributed by atoms with Crippen molar-refractivity contribution in [3.8, 4) is 0 Å². The third-order valence-electron chi connectivity index (χ3n) is 2.34. The lowest BCUT2D eigenvalue weighted by Crippen LogP contribution is -2.27. The van der Waals surface area contributed by atoms with Gasteiger partial charge < -0.3 is 0 Å². The molecule has 0 saturated carbocycles. The molecule has 0 bridgehead atoms. The van der Waals surface area contributed by atoms with E-state index in [0.29, 0.717) is 12.8 Å². The fourth-order valence-corrected chi connectivity index (χ4v) is 1.61. The Morgan fingerprint density at radius 2 is 1.85 bits per heavy atom. The van der Waals surface area contributed by atoms with Crippen molar-refractivity contribution >= 4 is 28.4 Å². The number of rotatable bonds is 7. The maximum atomic E-state index is 11.0. The molecule has 0 amide bonds. The van der Waals surface area contributed by atoms with E-state index in [1.807, 2.05) is 6.92 Å². The highest BCUT2D eigenvalue weighted by Crippen LogP contribution is 2.29. The topological polar surface area (TPSA) is 17.1 Å². The van der Waals surface area contributed by atoms with Crippen LogP contribution in [0.4, 0.5) is 0 Å². The largest absolute Gasteiger partial charge is 0.279 e. The molecule has 0 heterocycles. The van der Waals surface area contributed by atoms with Gasteiger partial charge in [-0.15, -0.1) is 11.6 Å². The maximum absolute atomic E-state index is 11.0. The Bertz CT molecular complexity index is 159. The molecular formula is C10H18Cl2O. The third kappa shape index (κ3) is 4.87. The molecule has 0 rings (SSSR count). The van der Waals surface area contributed by atoms with Crippen molar-refractivity contribution in [1.82, 2.24) is 0 Å². The Hall–Kier alpha value is 0.250. The Kier molecular flexibility index (Phi) is 6.79. The van der Waals surface area contributed by atoms with E-state index in [1.54, 1.807) is 0 Å². The lowest BCUT2D eigenvalue weighted by atomic mass is 9.98. The summed E-state index contributed by atoms with van der Waals surface area (Å²) in [6.45, 7) is 4.05. The average molecular weight is 225 g/mol. The minimum absolute atomic E-state index is 0.409. The Morgan fingerprint density at radius 1 is 1.23 bits per heavy atom. The van der Waals surface area contributed by atoms with E-state index in [1.165, 1.54) is 12.8 Å². The Labute approximate surface area is 90.8 Å². The van der Waals surface area contributed by atoms with Crippen LogP contribution in [0.25, 0.3) is 0 Å². The van der Waals surface area contributed by atoms with Crippen molar-refractivity contribution in [3.63, 3.8) is 0 Å². The molecule has 0 radical (unpaired) electrons. The van der Waals surface area contributed by atoms with Crippen LogP contribution in [0.15, 0.2) is 0 Å². The molecule has 78 valence electrons. The van der Waals surface area contributed by atoms with Crippen molar-refractivity contribution < 1.29 is 4.79 Å². The second-order valence-electron chi connectivity index (χ2n) is 3.40. The quantitative estimate of drug-likeness (QED) is 0.362. The zero-order valence-corrected chi connectivity index (χ0v) is 9.92. The predicted octanol–water partition coefficient (Wildman–Crippen LogP) is 4.11. The molecule has 0 aromatic heterocycles. The predicted molar refractivity (Wildman–Crippen MR) is 58.5 cm³/mol. The molecule has 0 spiro atoms. The van der Waals surface area contributed by atoms with E-state index in [2.05, 4.69) is 6.92 Å². The molecule has 13 heavy (non-hydrogen) atoms. The number of hydrogen-bond donors (Lipinski definition) is 0. The number of hydrogen-bond acceptors (Lipinski definition) is 1. The molecule has 1 atom stereocenters. The summed E-state index contributed by atoms with van der Waals surface area (Å²) in [5, 5.41) is -0.409. The molecular weight excluding hydrogens is 207 g/mol. The molecule has 0 N–H and O–H groups in total. The van der Waals surface area contributed by atoms with E-state index in [4.69, 9.17) is 23.2 Å². The van der Waals surface area contributed by atoms with Crippen LogP contribution in [0.1, 0.15) is 52.4 Å². The zero-order chi connectivity index (χ0) is 10.3. The van der Waals surface area contributed by atoms with Gasteiger partial charge in [0.15, 0.2) is 0 Å². The minimum Gasteiger partial charge on any atom is -0.279 e. The maximum Gasteiger partial charge on any atom is 0.242 e. The van der Waals surface area contributed by atoms with Gasteiger partial charge in [0.2, 0.25) is 5.24 Å². The van der Waals surface area contributed by atoms with Crippen LogP contribution >= 0.6 is 23.2 Å². The van der Waals surface area contributed by atoms with Gasteiger partial charge in [-0.05, 0) is 24.4 Å². The summed E-state index contributed by atoms with van der Waals surface area (Å²) in [5.41, 5.74) is 0. The highest BCUT2D eigenvalue weighted by Gasteiger charge is 2.31. The standard InChI is InChI=1S/C10H18Cl2O/c1-3-5-6-7-8-10(12,4-2)9(11)13/h3-8H2,1-2H3. The second kappa shape index (κ2) is 6.67. The number of carbonyl (C=O) groups excluding carboxylic acids is 1. The number of halogens is 2. The first-order valence-corrected chi connectivity index (χ1v) is 5.71. The highest BCUT2D eigenvalue weighted by molar-refractivity contribution is 6.70. The van der Waals surface area contributed by atoms with Crippen LogP contribution in [-0.4, -0.2) is 10.1 Å². The first kappa shape index (κ1) is 13.2. The summed E-state index contributed by atoms with van der Waals surface area (Å²) < 4.78 is 0. The number of unbranched alkanes of at least 4 members (excludes halogenated alkanes) is 3. The lowest BCUT2D eigenvalue weighted by molar-refractivity contribution is -0.114. The summed E-state index contributed by atoms with van der Waals surface area (Å²) in [7, 11) is 0. The van der Waals surface area contributed by atoms with Crippen molar-refractivity contribution in [2.24, 2.45) is 0 Å². The number of alkyl halides is 1. The normalized spacial score (nSPS) is 15.4. The van der Waals surface area contributed by atoms with Crippen molar-refractivity contribution in [2.75, 3.05) is 0 Å². The average Bonchev–Trinajstić information content (AvgIpc) is 2.12. The second-order valence-corrected chi connectivity index (χ2v) is 4.47. The van der Waals surface area contributed by atoms with Gasteiger partial charge in [-0.2, -0.15) is 0 Å². The fraction of sp³-hybridized carbons (Fsp3) is 0.900. The van der Waals surface area contributed by atoms with Gasteiger partial charge >= 0.3 is 0 Å². The van der Waals surface area contributed by atoms with E-state index in [0.717, 1.165) is 12.8 Å².